The van der Waals surface area contributed by atoms with E-state index >= 15 is 0 Å². The van der Waals surface area contributed by atoms with Gasteiger partial charge in [-0.3, -0.25) is 14.4 Å². The number of anilines is 1. The topological polar surface area (TPSA) is 84.9 Å². The van der Waals surface area contributed by atoms with Crippen molar-refractivity contribution in [1.82, 2.24) is 4.90 Å². The molecule has 2 saturated heterocycles. The standard InChI is InChI=1S/C20H22N2O5/c23-18(16-12-9-14-15(10-12)27-20(25)17(14)16)21-13-3-1-11(2-4-13)19(24)22-5-7-26-8-6-22/h1-4,12,14-17H,5-10H2,(H,21,23)/t12-,14+,15+,16-,17+/m1/s1. The average Bonchev–Trinajstić information content (AvgIpc) is 3.31. The van der Waals surface area contributed by atoms with Crippen molar-refractivity contribution in [2.45, 2.75) is 18.9 Å². The number of amides is 2. The molecule has 0 unspecified atom stereocenters. The zero-order valence-electron chi connectivity index (χ0n) is 14.9. The van der Waals surface area contributed by atoms with Crippen LogP contribution in [0.15, 0.2) is 24.3 Å². The lowest BCUT2D eigenvalue weighted by Gasteiger charge is -2.27. The first-order valence-corrected chi connectivity index (χ1v) is 9.60. The average molecular weight is 370 g/mol. The molecule has 142 valence electrons. The number of nitrogens with zero attached hydrogens (tertiary/aromatic N) is 1. The minimum atomic E-state index is -0.295. The maximum absolute atomic E-state index is 12.8. The molecule has 2 amide bonds. The monoisotopic (exact) mass is 370 g/mol. The van der Waals surface area contributed by atoms with E-state index in [4.69, 9.17) is 9.47 Å². The van der Waals surface area contributed by atoms with Gasteiger partial charge in [0.15, 0.2) is 0 Å². The van der Waals surface area contributed by atoms with Gasteiger partial charge in [-0.15, -0.1) is 0 Å². The van der Waals surface area contributed by atoms with Crippen molar-refractivity contribution < 1.29 is 23.9 Å². The molecule has 2 heterocycles. The fraction of sp³-hybridized carbons (Fsp3) is 0.550. The van der Waals surface area contributed by atoms with Crippen LogP contribution in [-0.2, 0) is 19.1 Å². The van der Waals surface area contributed by atoms with Crippen LogP contribution in [0.1, 0.15) is 23.2 Å². The highest BCUT2D eigenvalue weighted by atomic mass is 16.6. The third-order valence-electron chi connectivity index (χ3n) is 6.48. The summed E-state index contributed by atoms with van der Waals surface area (Å²) in [5.74, 6) is -0.477. The molecule has 2 aliphatic carbocycles. The molecule has 2 aliphatic heterocycles. The summed E-state index contributed by atoms with van der Waals surface area (Å²) in [6.07, 6.45) is 1.74. The van der Waals surface area contributed by atoms with E-state index in [0.717, 1.165) is 12.8 Å². The van der Waals surface area contributed by atoms with Gasteiger partial charge < -0.3 is 19.7 Å². The number of hydrogen-bond donors (Lipinski definition) is 1. The van der Waals surface area contributed by atoms with Crippen LogP contribution >= 0.6 is 0 Å². The van der Waals surface area contributed by atoms with Crippen LogP contribution in [0.5, 0.6) is 0 Å². The van der Waals surface area contributed by atoms with E-state index in [1.165, 1.54) is 0 Å². The van der Waals surface area contributed by atoms with E-state index in [0.29, 0.717) is 37.6 Å². The second kappa shape index (κ2) is 6.34. The highest BCUT2D eigenvalue weighted by molar-refractivity contribution is 5.98. The molecule has 4 aliphatic rings. The van der Waals surface area contributed by atoms with Crippen LogP contribution in [0.4, 0.5) is 5.69 Å². The van der Waals surface area contributed by atoms with E-state index in [1.807, 2.05) is 0 Å². The third kappa shape index (κ3) is 2.72. The van der Waals surface area contributed by atoms with Crippen molar-refractivity contribution in [3.05, 3.63) is 29.8 Å². The Hall–Kier alpha value is -2.41. The summed E-state index contributed by atoms with van der Waals surface area (Å²) in [4.78, 5) is 39.1. The van der Waals surface area contributed by atoms with Crippen molar-refractivity contribution in [1.29, 1.82) is 0 Å². The number of fused-ring (bicyclic) bond motifs is 1. The largest absolute Gasteiger partial charge is 0.462 e. The molecule has 7 nitrogen and oxygen atoms in total. The van der Waals surface area contributed by atoms with Crippen LogP contribution < -0.4 is 5.32 Å². The summed E-state index contributed by atoms with van der Waals surface area (Å²) in [5.41, 5.74) is 1.24. The summed E-state index contributed by atoms with van der Waals surface area (Å²) in [7, 11) is 0. The fourth-order valence-corrected chi connectivity index (χ4v) is 5.23. The smallest absolute Gasteiger partial charge is 0.310 e. The second-order valence-corrected chi connectivity index (χ2v) is 7.89. The van der Waals surface area contributed by atoms with Crippen LogP contribution in [0.3, 0.4) is 0 Å². The van der Waals surface area contributed by atoms with Crippen LogP contribution in [0.25, 0.3) is 0 Å². The van der Waals surface area contributed by atoms with E-state index < -0.39 is 0 Å². The lowest BCUT2D eigenvalue weighted by molar-refractivity contribution is -0.145. The molecule has 0 spiro atoms. The Labute approximate surface area is 157 Å². The van der Waals surface area contributed by atoms with Crippen LogP contribution in [0.2, 0.25) is 0 Å². The Kier molecular flexibility index (Phi) is 3.93. The number of carbonyl (C=O) groups excluding carboxylic acids is 3. The lowest BCUT2D eigenvalue weighted by Crippen LogP contribution is -2.40. The van der Waals surface area contributed by atoms with Gasteiger partial charge in [0.05, 0.1) is 25.0 Å². The Morgan fingerprint density at radius 1 is 1.07 bits per heavy atom. The zero-order valence-corrected chi connectivity index (χ0v) is 14.9. The Bertz CT molecular complexity index is 784. The normalized spacial score (nSPS) is 33.9. The predicted octanol–water partition coefficient (Wildman–Crippen LogP) is 1.30. The molecule has 0 aromatic heterocycles. The van der Waals surface area contributed by atoms with Crippen molar-refractivity contribution in [3.8, 4) is 0 Å². The first kappa shape index (κ1) is 16.7. The maximum atomic E-state index is 12.8. The van der Waals surface area contributed by atoms with E-state index in [2.05, 4.69) is 5.32 Å². The molecule has 2 saturated carbocycles. The molecule has 1 aromatic rings. The first-order chi connectivity index (χ1) is 13.1. The van der Waals surface area contributed by atoms with Gasteiger partial charge in [-0.25, -0.2) is 0 Å². The highest BCUT2D eigenvalue weighted by Gasteiger charge is 2.63. The molecular weight excluding hydrogens is 348 g/mol. The lowest BCUT2D eigenvalue weighted by atomic mass is 9.79. The third-order valence-corrected chi connectivity index (χ3v) is 6.48. The Morgan fingerprint density at radius 2 is 1.81 bits per heavy atom. The number of hydrogen-bond acceptors (Lipinski definition) is 5. The summed E-state index contributed by atoms with van der Waals surface area (Å²) in [6.45, 7) is 2.32. The molecule has 27 heavy (non-hydrogen) atoms. The van der Waals surface area contributed by atoms with Crippen LogP contribution in [0, 0.1) is 23.7 Å². The van der Waals surface area contributed by atoms with Crippen molar-refractivity contribution in [3.63, 3.8) is 0 Å². The van der Waals surface area contributed by atoms with Gasteiger partial charge in [0, 0.05) is 30.3 Å². The quantitative estimate of drug-likeness (QED) is 0.811. The molecule has 4 fully saturated rings. The number of nitrogens with one attached hydrogen (secondary N) is 1. The zero-order chi connectivity index (χ0) is 18.5. The van der Waals surface area contributed by atoms with Crippen LogP contribution in [-0.4, -0.2) is 55.1 Å². The van der Waals surface area contributed by atoms with Gasteiger partial charge in [-0.2, -0.15) is 0 Å². The number of ether oxygens (including phenoxy) is 2. The Morgan fingerprint density at radius 3 is 2.56 bits per heavy atom. The van der Waals surface area contributed by atoms with E-state index in [9.17, 15) is 14.4 Å². The van der Waals surface area contributed by atoms with Gasteiger partial charge in [-0.1, -0.05) is 0 Å². The molecule has 1 aromatic carbocycles. The van der Waals surface area contributed by atoms with Gasteiger partial charge in [-0.05, 0) is 43.0 Å². The summed E-state index contributed by atoms with van der Waals surface area (Å²) in [6, 6.07) is 6.95. The van der Waals surface area contributed by atoms with E-state index in [1.54, 1.807) is 29.2 Å². The van der Waals surface area contributed by atoms with Crippen molar-refractivity contribution >= 4 is 23.5 Å². The van der Waals surface area contributed by atoms with Gasteiger partial charge in [0.25, 0.3) is 5.91 Å². The van der Waals surface area contributed by atoms with E-state index in [-0.39, 0.29) is 47.6 Å². The SMILES string of the molecule is O=C(Nc1ccc(C(=O)N2CCOCC2)cc1)[C@@H]1[C@@H]2C[C@@H]3[C@@H]1C(=O)O[C@H]3C2. The number of morpholine rings is 1. The molecule has 7 heteroatoms. The molecule has 2 bridgehead atoms. The summed E-state index contributed by atoms with van der Waals surface area (Å²) in [5, 5.41) is 2.93. The molecule has 1 N–H and O–H groups in total. The molecular formula is C20H22N2O5. The molecule has 0 radical (unpaired) electrons. The maximum Gasteiger partial charge on any atom is 0.310 e. The fourth-order valence-electron chi connectivity index (χ4n) is 5.23. The number of rotatable bonds is 3. The second-order valence-electron chi connectivity index (χ2n) is 7.89. The van der Waals surface area contributed by atoms with Gasteiger partial charge in [0.2, 0.25) is 5.91 Å². The highest BCUT2D eigenvalue weighted by Crippen LogP contribution is 2.57. The number of carbonyl (C=O) groups is 3. The van der Waals surface area contributed by atoms with Gasteiger partial charge >= 0.3 is 5.97 Å². The first-order valence-electron chi connectivity index (χ1n) is 9.60. The van der Waals surface area contributed by atoms with Gasteiger partial charge in [0.1, 0.15) is 6.10 Å². The number of benzene rings is 1. The van der Waals surface area contributed by atoms with Crippen molar-refractivity contribution in [2.24, 2.45) is 23.7 Å². The summed E-state index contributed by atoms with van der Waals surface area (Å²) < 4.78 is 10.7. The van der Waals surface area contributed by atoms with Crippen molar-refractivity contribution in [2.75, 3.05) is 31.6 Å². The summed E-state index contributed by atoms with van der Waals surface area (Å²) >= 11 is 0. The predicted molar refractivity (Wildman–Crippen MR) is 94.9 cm³/mol. The minimum absolute atomic E-state index is 0.0241. The Balaban J connectivity index is 1.25. The molecule has 5 rings (SSSR count). The molecule has 5 atom stereocenters. The minimum Gasteiger partial charge on any atom is -0.462 e. The number of esters is 1.